The van der Waals surface area contributed by atoms with Gasteiger partial charge in [-0.1, -0.05) is 25.1 Å². The number of fused-ring (bicyclic) bond motifs is 1. The lowest BCUT2D eigenvalue weighted by molar-refractivity contribution is 0.0745. The number of carbonyl (C=O) groups is 1. The van der Waals surface area contributed by atoms with Crippen LogP contribution in [0.1, 0.15) is 28.4 Å². The highest BCUT2D eigenvalue weighted by Gasteiger charge is 2.22. The minimum absolute atomic E-state index is 0.0196. The van der Waals surface area contributed by atoms with Crippen LogP contribution in [-0.4, -0.2) is 17.5 Å². The van der Waals surface area contributed by atoms with Gasteiger partial charge in [0.05, 0.1) is 0 Å². The van der Waals surface area contributed by atoms with Gasteiger partial charge >= 0.3 is 0 Å². The molecule has 0 spiro atoms. The smallest absolute Gasteiger partial charge is 0.266 e. The molecule has 1 N–H and O–H groups in total. The number of nitrogens with zero attached hydrogens (tertiary/aromatic N) is 1. The fourth-order valence-electron chi connectivity index (χ4n) is 1.82. The summed E-state index contributed by atoms with van der Waals surface area (Å²) in [5.41, 5.74) is 5.87. The molecule has 3 nitrogen and oxygen atoms in total. The Hall–Kier alpha value is -1.35. The van der Waals surface area contributed by atoms with Gasteiger partial charge in [0.1, 0.15) is 0 Å². The van der Waals surface area contributed by atoms with E-state index in [0.29, 0.717) is 0 Å². The maximum atomic E-state index is 11.7. The van der Waals surface area contributed by atoms with E-state index < -0.39 is 0 Å². The topological polar surface area (TPSA) is 32.3 Å². The zero-order chi connectivity index (χ0) is 10.1. The SMILES string of the molecule is CCN1Cc2cccc(C)c2C(=O)N1. The van der Waals surface area contributed by atoms with Crippen molar-refractivity contribution in [2.75, 3.05) is 6.54 Å². The van der Waals surface area contributed by atoms with E-state index >= 15 is 0 Å². The van der Waals surface area contributed by atoms with Gasteiger partial charge in [0.15, 0.2) is 0 Å². The van der Waals surface area contributed by atoms with Gasteiger partial charge in [-0.2, -0.15) is 0 Å². The fourth-order valence-corrected chi connectivity index (χ4v) is 1.82. The van der Waals surface area contributed by atoms with Crippen LogP contribution in [0.25, 0.3) is 0 Å². The van der Waals surface area contributed by atoms with Crippen LogP contribution in [0, 0.1) is 6.92 Å². The molecule has 14 heavy (non-hydrogen) atoms. The predicted molar refractivity (Wildman–Crippen MR) is 54.7 cm³/mol. The predicted octanol–water partition coefficient (Wildman–Crippen LogP) is 1.48. The van der Waals surface area contributed by atoms with Crippen molar-refractivity contribution in [2.45, 2.75) is 20.4 Å². The molecule has 0 radical (unpaired) electrons. The summed E-state index contributed by atoms with van der Waals surface area (Å²) in [5.74, 6) is 0.0196. The van der Waals surface area contributed by atoms with E-state index in [1.54, 1.807) is 0 Å². The molecule has 0 fully saturated rings. The van der Waals surface area contributed by atoms with Gasteiger partial charge < -0.3 is 0 Å². The summed E-state index contributed by atoms with van der Waals surface area (Å²) in [6.45, 7) is 5.64. The van der Waals surface area contributed by atoms with E-state index in [0.717, 1.165) is 29.8 Å². The van der Waals surface area contributed by atoms with Gasteiger partial charge in [-0.15, -0.1) is 0 Å². The normalized spacial score (nSPS) is 16.3. The van der Waals surface area contributed by atoms with Gasteiger partial charge in [0.25, 0.3) is 5.91 Å². The average molecular weight is 190 g/mol. The number of carbonyl (C=O) groups excluding carboxylic acids is 1. The summed E-state index contributed by atoms with van der Waals surface area (Å²) in [5, 5.41) is 1.92. The van der Waals surface area contributed by atoms with Crippen LogP contribution in [0.5, 0.6) is 0 Å². The zero-order valence-electron chi connectivity index (χ0n) is 8.50. The van der Waals surface area contributed by atoms with Crippen molar-refractivity contribution in [1.29, 1.82) is 0 Å². The molecular weight excluding hydrogens is 176 g/mol. The minimum atomic E-state index is 0.0196. The third-order valence-corrected chi connectivity index (χ3v) is 2.59. The van der Waals surface area contributed by atoms with Gasteiger partial charge in [-0.3, -0.25) is 10.2 Å². The summed E-state index contributed by atoms with van der Waals surface area (Å²) in [4.78, 5) is 11.7. The summed E-state index contributed by atoms with van der Waals surface area (Å²) in [6, 6.07) is 5.99. The molecule has 0 aromatic heterocycles. The number of aryl methyl sites for hydroxylation is 1. The highest BCUT2D eigenvalue weighted by Crippen LogP contribution is 2.19. The fraction of sp³-hybridized carbons (Fsp3) is 0.364. The largest absolute Gasteiger partial charge is 0.284 e. The lowest BCUT2D eigenvalue weighted by Gasteiger charge is -2.28. The van der Waals surface area contributed by atoms with Crippen LogP contribution >= 0.6 is 0 Å². The van der Waals surface area contributed by atoms with E-state index in [4.69, 9.17) is 0 Å². The molecule has 1 aliphatic heterocycles. The number of hydrazine groups is 1. The monoisotopic (exact) mass is 190 g/mol. The zero-order valence-corrected chi connectivity index (χ0v) is 8.50. The van der Waals surface area contributed by atoms with E-state index in [2.05, 4.69) is 5.43 Å². The van der Waals surface area contributed by atoms with Crippen LogP contribution in [0.4, 0.5) is 0 Å². The van der Waals surface area contributed by atoms with Crippen molar-refractivity contribution in [3.8, 4) is 0 Å². The molecule has 1 aliphatic rings. The maximum Gasteiger partial charge on any atom is 0.266 e. The van der Waals surface area contributed by atoms with Crippen molar-refractivity contribution in [1.82, 2.24) is 10.4 Å². The Morgan fingerprint density at radius 1 is 1.50 bits per heavy atom. The van der Waals surface area contributed by atoms with Crippen molar-refractivity contribution < 1.29 is 4.79 Å². The molecule has 1 amide bonds. The number of hydrogen-bond acceptors (Lipinski definition) is 2. The quantitative estimate of drug-likeness (QED) is 0.727. The van der Waals surface area contributed by atoms with Crippen molar-refractivity contribution in [2.24, 2.45) is 0 Å². The highest BCUT2D eigenvalue weighted by atomic mass is 16.2. The lowest BCUT2D eigenvalue weighted by Crippen LogP contribution is -2.46. The standard InChI is InChI=1S/C11H14N2O/c1-3-13-7-9-6-4-5-8(2)10(9)11(14)12-13/h4-6H,3,7H2,1-2H3,(H,12,14). The Bertz CT molecular complexity index is 374. The Morgan fingerprint density at radius 3 is 3.00 bits per heavy atom. The molecule has 74 valence electrons. The molecule has 0 unspecified atom stereocenters. The molecule has 0 aliphatic carbocycles. The first-order valence-corrected chi connectivity index (χ1v) is 4.86. The summed E-state index contributed by atoms with van der Waals surface area (Å²) in [7, 11) is 0. The molecule has 3 heteroatoms. The minimum Gasteiger partial charge on any atom is -0.284 e. The second kappa shape index (κ2) is 3.42. The Morgan fingerprint density at radius 2 is 2.29 bits per heavy atom. The van der Waals surface area contributed by atoms with Crippen LogP contribution in [-0.2, 0) is 6.54 Å². The molecule has 2 rings (SSSR count). The van der Waals surface area contributed by atoms with Crippen molar-refractivity contribution >= 4 is 5.91 Å². The van der Waals surface area contributed by atoms with Crippen LogP contribution in [0.15, 0.2) is 18.2 Å². The number of amides is 1. The second-order valence-electron chi connectivity index (χ2n) is 3.56. The van der Waals surface area contributed by atoms with Crippen molar-refractivity contribution in [3.05, 3.63) is 34.9 Å². The molecular formula is C11H14N2O. The van der Waals surface area contributed by atoms with E-state index in [1.165, 1.54) is 0 Å². The van der Waals surface area contributed by atoms with Crippen molar-refractivity contribution in [3.63, 3.8) is 0 Å². The molecule has 1 aromatic carbocycles. The Kier molecular flexibility index (Phi) is 2.25. The molecule has 0 saturated heterocycles. The first kappa shape index (κ1) is 9.21. The molecule has 1 heterocycles. The maximum absolute atomic E-state index is 11.7. The molecule has 0 atom stereocenters. The Balaban J connectivity index is 2.45. The number of benzene rings is 1. The molecule has 1 aromatic rings. The molecule has 0 saturated carbocycles. The second-order valence-corrected chi connectivity index (χ2v) is 3.56. The Labute approximate surface area is 83.7 Å². The summed E-state index contributed by atoms with van der Waals surface area (Å²) < 4.78 is 0. The number of rotatable bonds is 1. The molecule has 0 bridgehead atoms. The third-order valence-electron chi connectivity index (χ3n) is 2.59. The third kappa shape index (κ3) is 1.40. The van der Waals surface area contributed by atoms with Gasteiger partial charge in [-0.05, 0) is 18.1 Å². The highest BCUT2D eigenvalue weighted by molar-refractivity contribution is 5.97. The van der Waals surface area contributed by atoms with Crippen LogP contribution in [0.3, 0.4) is 0 Å². The van der Waals surface area contributed by atoms with Crippen LogP contribution in [0.2, 0.25) is 0 Å². The summed E-state index contributed by atoms with van der Waals surface area (Å²) in [6.07, 6.45) is 0. The first-order chi connectivity index (χ1) is 6.72. The summed E-state index contributed by atoms with van der Waals surface area (Å²) >= 11 is 0. The number of hydrogen-bond donors (Lipinski definition) is 1. The number of nitrogens with one attached hydrogen (secondary N) is 1. The van der Waals surface area contributed by atoms with Gasteiger partial charge in [0, 0.05) is 18.7 Å². The van der Waals surface area contributed by atoms with E-state index in [9.17, 15) is 4.79 Å². The van der Waals surface area contributed by atoms with E-state index in [-0.39, 0.29) is 5.91 Å². The first-order valence-electron chi connectivity index (χ1n) is 4.86. The average Bonchev–Trinajstić information content (AvgIpc) is 2.17. The van der Waals surface area contributed by atoms with E-state index in [1.807, 2.05) is 37.1 Å². The lowest BCUT2D eigenvalue weighted by atomic mass is 10.00. The van der Waals surface area contributed by atoms with Gasteiger partial charge in [-0.25, -0.2) is 5.01 Å². The van der Waals surface area contributed by atoms with Gasteiger partial charge in [0.2, 0.25) is 0 Å². The van der Waals surface area contributed by atoms with Crippen LogP contribution < -0.4 is 5.43 Å².